The van der Waals surface area contributed by atoms with Crippen LogP contribution in [0.2, 0.25) is 0 Å². The van der Waals surface area contributed by atoms with Crippen molar-refractivity contribution in [3.63, 3.8) is 0 Å². The molecule has 0 spiro atoms. The van der Waals surface area contributed by atoms with Crippen molar-refractivity contribution >= 4 is 23.1 Å². The van der Waals surface area contributed by atoms with E-state index in [1.54, 1.807) is 24.9 Å². The standard InChI is InChI=1S/C18H21N3O2.C16H30N4/c1-14-10-15(20(2)12-16-6-4-8-22-16)11-19-18(14)21(3)13-17-7-5-9-23-17;1-11(2)7-13(5)19-15-9-18-16(10-17-15)20-14(6)8-12(3)4/h4-11H,12-13H2,1-3H3;9-14H,7-8H2,1-6H3,(H,17,19)(H,18,20). The molecule has 0 aliphatic rings. The van der Waals surface area contributed by atoms with Crippen LogP contribution in [0.5, 0.6) is 0 Å². The quantitative estimate of drug-likeness (QED) is 0.152. The lowest BCUT2D eigenvalue weighted by Crippen LogP contribution is -2.20. The molecular formula is C34H51N7O2. The molecule has 2 N–H and O–H groups in total. The molecule has 0 bridgehead atoms. The highest BCUT2D eigenvalue weighted by Crippen LogP contribution is 2.24. The molecule has 0 aliphatic carbocycles. The maximum absolute atomic E-state index is 5.40. The van der Waals surface area contributed by atoms with Crippen LogP contribution in [0.1, 0.15) is 71.5 Å². The summed E-state index contributed by atoms with van der Waals surface area (Å²) in [6.07, 6.45) is 11.2. The molecule has 9 nitrogen and oxygen atoms in total. The monoisotopic (exact) mass is 589 g/mol. The van der Waals surface area contributed by atoms with Crippen LogP contribution in [-0.2, 0) is 13.1 Å². The van der Waals surface area contributed by atoms with E-state index in [0.717, 1.165) is 59.6 Å². The number of nitrogens with zero attached hydrogens (tertiary/aromatic N) is 5. The highest BCUT2D eigenvalue weighted by atomic mass is 16.3. The molecule has 234 valence electrons. The minimum atomic E-state index is 0.419. The molecule has 0 aromatic carbocycles. The summed E-state index contributed by atoms with van der Waals surface area (Å²) in [5.74, 6) is 5.88. The van der Waals surface area contributed by atoms with E-state index in [1.807, 2.05) is 44.6 Å². The van der Waals surface area contributed by atoms with Crippen LogP contribution < -0.4 is 20.4 Å². The summed E-state index contributed by atoms with van der Waals surface area (Å²) in [4.78, 5) is 17.7. The first kappa shape index (κ1) is 33.5. The molecule has 0 saturated carbocycles. The molecular weight excluding hydrogens is 538 g/mol. The van der Waals surface area contributed by atoms with Crippen molar-refractivity contribution in [3.05, 3.63) is 78.5 Å². The summed E-state index contributed by atoms with van der Waals surface area (Å²) >= 11 is 0. The van der Waals surface area contributed by atoms with Gasteiger partial charge in [-0.3, -0.25) is 0 Å². The van der Waals surface area contributed by atoms with Gasteiger partial charge in [-0.1, -0.05) is 27.7 Å². The van der Waals surface area contributed by atoms with Gasteiger partial charge < -0.3 is 29.3 Å². The lowest BCUT2D eigenvalue weighted by molar-refractivity contribution is 0.506. The number of nitrogens with one attached hydrogen (secondary N) is 2. The zero-order valence-electron chi connectivity index (χ0n) is 27.5. The highest BCUT2D eigenvalue weighted by molar-refractivity contribution is 5.55. The second-order valence-corrected chi connectivity index (χ2v) is 12.3. The Hall–Kier alpha value is -4.01. The zero-order chi connectivity index (χ0) is 31.4. The van der Waals surface area contributed by atoms with Crippen LogP contribution >= 0.6 is 0 Å². The Balaban J connectivity index is 0.000000238. The predicted molar refractivity (Wildman–Crippen MR) is 178 cm³/mol. The fourth-order valence-corrected chi connectivity index (χ4v) is 5.11. The van der Waals surface area contributed by atoms with Crippen molar-refractivity contribution in [3.8, 4) is 0 Å². The minimum absolute atomic E-state index is 0.419. The molecule has 0 radical (unpaired) electrons. The summed E-state index contributed by atoms with van der Waals surface area (Å²) in [5.41, 5.74) is 2.19. The maximum Gasteiger partial charge on any atom is 0.144 e. The Bertz CT molecular complexity index is 1270. The second-order valence-electron chi connectivity index (χ2n) is 12.3. The molecule has 4 heterocycles. The van der Waals surface area contributed by atoms with Gasteiger partial charge in [-0.25, -0.2) is 15.0 Å². The van der Waals surface area contributed by atoms with Crippen LogP contribution in [0, 0.1) is 18.8 Å². The summed E-state index contributed by atoms with van der Waals surface area (Å²) in [5, 5.41) is 6.77. The first-order chi connectivity index (χ1) is 20.5. The highest BCUT2D eigenvalue weighted by Gasteiger charge is 2.12. The second kappa shape index (κ2) is 16.6. The molecule has 9 heteroatoms. The van der Waals surface area contributed by atoms with Gasteiger partial charge in [-0.15, -0.1) is 0 Å². The lowest BCUT2D eigenvalue weighted by Gasteiger charge is -2.22. The molecule has 43 heavy (non-hydrogen) atoms. The van der Waals surface area contributed by atoms with Crippen LogP contribution in [0.15, 0.2) is 70.3 Å². The Labute approximate surface area is 258 Å². The first-order valence-electron chi connectivity index (χ1n) is 15.3. The van der Waals surface area contributed by atoms with Crippen LogP contribution in [0.4, 0.5) is 23.1 Å². The molecule has 0 amide bonds. The summed E-state index contributed by atoms with van der Waals surface area (Å²) in [6, 6.07) is 10.7. The lowest BCUT2D eigenvalue weighted by atomic mass is 10.1. The van der Waals surface area contributed by atoms with E-state index < -0.39 is 0 Å². The summed E-state index contributed by atoms with van der Waals surface area (Å²) in [7, 11) is 4.05. The molecule has 4 aromatic rings. The Morgan fingerprint density at radius 2 is 1.19 bits per heavy atom. The zero-order valence-corrected chi connectivity index (χ0v) is 27.5. The molecule has 4 rings (SSSR count). The average molecular weight is 590 g/mol. The fourth-order valence-electron chi connectivity index (χ4n) is 5.11. The number of aryl methyl sites for hydroxylation is 1. The van der Waals surface area contributed by atoms with Crippen molar-refractivity contribution in [2.75, 3.05) is 34.5 Å². The van der Waals surface area contributed by atoms with E-state index in [2.05, 4.69) is 89.9 Å². The van der Waals surface area contributed by atoms with Crippen LogP contribution in [0.25, 0.3) is 0 Å². The number of hydrogen-bond acceptors (Lipinski definition) is 9. The smallest absolute Gasteiger partial charge is 0.144 e. The van der Waals surface area contributed by atoms with Gasteiger partial charge in [0.15, 0.2) is 0 Å². The third-order valence-corrected chi connectivity index (χ3v) is 6.88. The van der Waals surface area contributed by atoms with Crippen molar-refractivity contribution in [1.82, 2.24) is 15.0 Å². The van der Waals surface area contributed by atoms with Gasteiger partial charge in [0, 0.05) is 26.2 Å². The van der Waals surface area contributed by atoms with Crippen molar-refractivity contribution in [2.45, 2.75) is 86.5 Å². The Kier molecular flexibility index (Phi) is 12.9. The molecule has 0 aliphatic heterocycles. The van der Waals surface area contributed by atoms with Crippen LogP contribution in [0.3, 0.4) is 0 Å². The van der Waals surface area contributed by atoms with Gasteiger partial charge in [0.25, 0.3) is 0 Å². The Morgan fingerprint density at radius 3 is 1.58 bits per heavy atom. The van der Waals surface area contributed by atoms with E-state index in [0.29, 0.717) is 30.5 Å². The van der Waals surface area contributed by atoms with Gasteiger partial charge in [0.2, 0.25) is 0 Å². The molecule has 0 saturated heterocycles. The van der Waals surface area contributed by atoms with Gasteiger partial charge in [-0.05, 0) is 81.3 Å². The first-order valence-corrected chi connectivity index (χ1v) is 15.3. The van der Waals surface area contributed by atoms with Crippen molar-refractivity contribution in [1.29, 1.82) is 0 Å². The van der Waals surface area contributed by atoms with E-state index >= 15 is 0 Å². The van der Waals surface area contributed by atoms with E-state index in [1.165, 1.54) is 0 Å². The van der Waals surface area contributed by atoms with Crippen molar-refractivity contribution < 1.29 is 8.83 Å². The molecule has 2 unspecified atom stereocenters. The number of aromatic nitrogens is 3. The number of furan rings is 2. The van der Waals surface area contributed by atoms with Gasteiger partial charge in [0.05, 0.1) is 49.9 Å². The van der Waals surface area contributed by atoms with Gasteiger partial charge >= 0.3 is 0 Å². The number of hydrogen-bond donors (Lipinski definition) is 2. The minimum Gasteiger partial charge on any atom is -0.467 e. The number of pyridine rings is 1. The molecule has 4 aromatic heterocycles. The van der Waals surface area contributed by atoms with E-state index in [-0.39, 0.29) is 0 Å². The number of anilines is 4. The third-order valence-electron chi connectivity index (χ3n) is 6.88. The topological polar surface area (TPSA) is 95.5 Å². The molecule has 0 fully saturated rings. The fraction of sp³-hybridized carbons (Fsp3) is 0.500. The van der Waals surface area contributed by atoms with Gasteiger partial charge in [-0.2, -0.15) is 0 Å². The number of rotatable bonds is 14. The van der Waals surface area contributed by atoms with Gasteiger partial charge in [0.1, 0.15) is 29.0 Å². The van der Waals surface area contributed by atoms with Crippen LogP contribution in [-0.4, -0.2) is 41.1 Å². The van der Waals surface area contributed by atoms with Crippen molar-refractivity contribution in [2.24, 2.45) is 11.8 Å². The molecule has 2 atom stereocenters. The summed E-state index contributed by atoms with van der Waals surface area (Å²) in [6.45, 7) is 16.8. The average Bonchev–Trinajstić information content (AvgIpc) is 3.64. The third kappa shape index (κ3) is 11.7. The largest absolute Gasteiger partial charge is 0.467 e. The maximum atomic E-state index is 5.40. The van der Waals surface area contributed by atoms with E-state index in [4.69, 9.17) is 8.83 Å². The normalized spacial score (nSPS) is 12.4. The summed E-state index contributed by atoms with van der Waals surface area (Å²) < 4.78 is 10.8. The van der Waals surface area contributed by atoms with E-state index in [9.17, 15) is 0 Å². The SMILES string of the molecule is CC(C)CC(C)Nc1cnc(NC(C)CC(C)C)cn1.Cc1cc(N(C)Cc2ccco2)cnc1N(C)Cc1ccco1. The predicted octanol–water partition coefficient (Wildman–Crippen LogP) is 8.02. The Morgan fingerprint density at radius 1 is 0.698 bits per heavy atom.